The fourth-order valence-corrected chi connectivity index (χ4v) is 4.19. The zero-order chi connectivity index (χ0) is 22.1. The molecule has 164 valence electrons. The first-order chi connectivity index (χ1) is 13.9. The van der Waals surface area contributed by atoms with Gasteiger partial charge in [-0.2, -0.15) is 13.2 Å². The second kappa shape index (κ2) is 8.46. The number of carbonyl (C=O) groups is 1. The molecule has 3 N–H and O–H groups in total. The van der Waals surface area contributed by atoms with Gasteiger partial charge in [0.05, 0.1) is 12.0 Å². The molecule has 1 aliphatic heterocycles. The Bertz CT molecular complexity index is 900. The normalized spacial score (nSPS) is 16.0. The zero-order valence-electron chi connectivity index (χ0n) is 17.1. The van der Waals surface area contributed by atoms with Crippen molar-refractivity contribution in [2.75, 3.05) is 18.4 Å². The molecule has 0 aromatic carbocycles. The monoisotopic (exact) mass is 442 g/mol. The van der Waals surface area contributed by atoms with Gasteiger partial charge in [-0.3, -0.25) is 4.79 Å². The van der Waals surface area contributed by atoms with Crippen LogP contribution in [0.5, 0.6) is 0 Å². The summed E-state index contributed by atoms with van der Waals surface area (Å²) in [6.45, 7) is 6.39. The van der Waals surface area contributed by atoms with Crippen LogP contribution in [0.25, 0.3) is 0 Å². The van der Waals surface area contributed by atoms with Crippen LogP contribution in [0.3, 0.4) is 0 Å². The number of thiazole rings is 1. The van der Waals surface area contributed by atoms with E-state index in [-0.39, 0.29) is 16.7 Å². The van der Waals surface area contributed by atoms with E-state index >= 15 is 0 Å². The van der Waals surface area contributed by atoms with Crippen molar-refractivity contribution in [3.05, 3.63) is 28.7 Å². The highest BCUT2D eigenvalue weighted by Crippen LogP contribution is 2.30. The minimum Gasteiger partial charge on any atom is -0.341 e. The number of aromatic nitrogens is 3. The molecule has 0 spiro atoms. The lowest BCUT2D eigenvalue weighted by Gasteiger charge is -2.35. The summed E-state index contributed by atoms with van der Waals surface area (Å²) < 4.78 is 37.6. The number of halogens is 3. The maximum atomic E-state index is 12.5. The van der Waals surface area contributed by atoms with Crippen LogP contribution < -0.4 is 11.1 Å². The van der Waals surface area contributed by atoms with E-state index in [2.05, 4.69) is 20.3 Å². The number of nitrogens with zero attached hydrogens (tertiary/aromatic N) is 4. The lowest BCUT2D eigenvalue weighted by molar-refractivity contribution is -0.136. The van der Waals surface area contributed by atoms with Gasteiger partial charge >= 0.3 is 6.18 Å². The number of hydrogen-bond donors (Lipinski definition) is 2. The number of aryl methyl sites for hydroxylation is 1. The molecule has 2 aromatic heterocycles. The van der Waals surface area contributed by atoms with Gasteiger partial charge in [-0.15, -0.1) is 11.3 Å². The van der Waals surface area contributed by atoms with Gasteiger partial charge in [0.1, 0.15) is 11.6 Å². The van der Waals surface area contributed by atoms with E-state index in [1.54, 1.807) is 24.8 Å². The van der Waals surface area contributed by atoms with Crippen molar-refractivity contribution in [2.24, 2.45) is 5.73 Å². The van der Waals surface area contributed by atoms with Crippen LogP contribution in [0.2, 0.25) is 0 Å². The lowest BCUT2D eigenvalue weighted by Crippen LogP contribution is -2.53. The van der Waals surface area contributed by atoms with Crippen LogP contribution in [-0.4, -0.2) is 50.6 Å². The molecule has 7 nitrogen and oxygen atoms in total. The van der Waals surface area contributed by atoms with Crippen LogP contribution in [-0.2, 0) is 11.2 Å². The molecular formula is C19H25F3N6OS. The minimum atomic E-state index is -4.27. The Labute approximate surface area is 176 Å². The Morgan fingerprint density at radius 1 is 1.30 bits per heavy atom. The molecule has 2 aromatic rings. The molecule has 3 rings (SSSR count). The molecule has 0 atom stereocenters. The lowest BCUT2D eigenvalue weighted by atomic mass is 9.94. The summed E-state index contributed by atoms with van der Waals surface area (Å²) in [7, 11) is 0. The van der Waals surface area contributed by atoms with Crippen molar-refractivity contribution in [2.45, 2.75) is 57.7 Å². The summed E-state index contributed by atoms with van der Waals surface area (Å²) in [5.41, 5.74) is 5.76. The van der Waals surface area contributed by atoms with Crippen LogP contribution in [0.4, 0.5) is 24.1 Å². The molecule has 0 saturated carbocycles. The molecule has 3 heterocycles. The Kier molecular flexibility index (Phi) is 6.32. The Morgan fingerprint density at radius 3 is 2.57 bits per heavy atom. The van der Waals surface area contributed by atoms with Crippen LogP contribution in [0, 0.1) is 6.92 Å². The van der Waals surface area contributed by atoms with Crippen LogP contribution in [0.15, 0.2) is 12.3 Å². The quantitative estimate of drug-likeness (QED) is 0.735. The molecule has 1 saturated heterocycles. The second-order valence-electron chi connectivity index (χ2n) is 8.09. The van der Waals surface area contributed by atoms with Gasteiger partial charge in [-0.1, -0.05) is 0 Å². The highest BCUT2D eigenvalue weighted by atomic mass is 32.1. The van der Waals surface area contributed by atoms with Crippen molar-refractivity contribution in [1.82, 2.24) is 19.9 Å². The Balaban J connectivity index is 1.67. The van der Waals surface area contributed by atoms with Gasteiger partial charge in [0, 0.05) is 41.8 Å². The highest BCUT2D eigenvalue weighted by Gasteiger charge is 2.32. The molecule has 1 fully saturated rings. The summed E-state index contributed by atoms with van der Waals surface area (Å²) >= 11 is 0.949. The third-order valence-corrected chi connectivity index (χ3v) is 5.65. The zero-order valence-corrected chi connectivity index (χ0v) is 17.9. The van der Waals surface area contributed by atoms with Gasteiger partial charge in [-0.25, -0.2) is 15.0 Å². The number of amides is 1. The smallest absolute Gasteiger partial charge is 0.341 e. The third kappa shape index (κ3) is 5.88. The SMILES string of the molecule is Cc1cc(Nc2ncc(CC(F)(F)F)s2)nc(C2CCN(C(=O)C(C)(C)N)CC2)n1. The van der Waals surface area contributed by atoms with Crippen molar-refractivity contribution in [3.63, 3.8) is 0 Å². The van der Waals surface area contributed by atoms with Crippen LogP contribution >= 0.6 is 11.3 Å². The topological polar surface area (TPSA) is 97.0 Å². The summed E-state index contributed by atoms with van der Waals surface area (Å²) in [5, 5.41) is 3.34. The first kappa shape index (κ1) is 22.4. The number of anilines is 2. The van der Waals surface area contributed by atoms with Crippen molar-refractivity contribution >= 4 is 28.2 Å². The highest BCUT2D eigenvalue weighted by molar-refractivity contribution is 7.15. The fraction of sp³-hybridized carbons (Fsp3) is 0.579. The molecule has 0 aliphatic carbocycles. The predicted octanol–water partition coefficient (Wildman–Crippen LogP) is 3.53. The van der Waals surface area contributed by atoms with Gasteiger partial charge in [0.2, 0.25) is 5.91 Å². The van der Waals surface area contributed by atoms with Crippen molar-refractivity contribution in [1.29, 1.82) is 0 Å². The third-order valence-electron chi connectivity index (χ3n) is 4.73. The van der Waals surface area contributed by atoms with E-state index < -0.39 is 18.1 Å². The van der Waals surface area contributed by atoms with Crippen molar-refractivity contribution < 1.29 is 18.0 Å². The maximum absolute atomic E-state index is 12.5. The molecule has 1 aliphatic rings. The number of nitrogens with two attached hydrogens (primary N) is 1. The number of hydrogen-bond acceptors (Lipinski definition) is 7. The predicted molar refractivity (Wildman–Crippen MR) is 109 cm³/mol. The Morgan fingerprint density at radius 2 is 1.97 bits per heavy atom. The molecule has 0 radical (unpaired) electrons. The van der Waals surface area contributed by atoms with Gasteiger partial charge in [0.15, 0.2) is 5.13 Å². The number of alkyl halides is 3. The second-order valence-corrected chi connectivity index (χ2v) is 9.20. The first-order valence-corrected chi connectivity index (χ1v) is 10.4. The maximum Gasteiger partial charge on any atom is 0.393 e. The average molecular weight is 443 g/mol. The number of likely N-dealkylation sites (tertiary alicyclic amines) is 1. The van der Waals surface area contributed by atoms with E-state index in [4.69, 9.17) is 5.73 Å². The number of piperidine rings is 1. The van der Waals surface area contributed by atoms with E-state index in [0.717, 1.165) is 29.9 Å². The van der Waals surface area contributed by atoms with E-state index in [1.165, 1.54) is 6.20 Å². The molecular weight excluding hydrogens is 417 g/mol. The largest absolute Gasteiger partial charge is 0.393 e. The molecule has 30 heavy (non-hydrogen) atoms. The molecule has 0 bridgehead atoms. The number of nitrogens with one attached hydrogen (secondary N) is 1. The molecule has 0 unspecified atom stereocenters. The number of rotatable bonds is 5. The first-order valence-electron chi connectivity index (χ1n) is 9.63. The van der Waals surface area contributed by atoms with Gasteiger partial charge in [0.25, 0.3) is 0 Å². The average Bonchev–Trinajstić information content (AvgIpc) is 3.04. The molecule has 11 heteroatoms. The summed E-state index contributed by atoms with van der Waals surface area (Å²) in [5.74, 6) is 1.16. The van der Waals surface area contributed by atoms with Gasteiger partial charge < -0.3 is 16.0 Å². The summed E-state index contributed by atoms with van der Waals surface area (Å²) in [4.78, 5) is 27.3. The van der Waals surface area contributed by atoms with E-state index in [9.17, 15) is 18.0 Å². The number of carbonyl (C=O) groups excluding carboxylic acids is 1. The van der Waals surface area contributed by atoms with E-state index in [0.29, 0.717) is 29.9 Å². The standard InChI is InChI=1S/C19H25F3N6OS/c1-11-8-14(27-17-24-10-13(30-17)9-19(20,21)22)26-15(25-11)12-4-6-28(7-5-12)16(29)18(2,3)23/h8,10,12H,4-7,9,23H2,1-3H3,(H,24,25,26,27). The van der Waals surface area contributed by atoms with Crippen LogP contribution in [0.1, 0.15) is 49.0 Å². The van der Waals surface area contributed by atoms with Crippen molar-refractivity contribution in [3.8, 4) is 0 Å². The summed E-state index contributed by atoms with van der Waals surface area (Å²) in [6.07, 6.45) is -2.61. The Hall–Kier alpha value is -2.27. The van der Waals surface area contributed by atoms with E-state index in [1.807, 2.05) is 6.92 Å². The fourth-order valence-electron chi connectivity index (χ4n) is 3.34. The molecule has 1 amide bonds. The summed E-state index contributed by atoms with van der Waals surface area (Å²) in [6, 6.07) is 1.73. The van der Waals surface area contributed by atoms with Gasteiger partial charge in [-0.05, 0) is 33.6 Å². The minimum absolute atomic E-state index is 0.0769.